The molecule has 2 aliphatic heterocycles. The first-order valence-electron chi connectivity index (χ1n) is 8.70. The van der Waals surface area contributed by atoms with E-state index in [4.69, 9.17) is 4.99 Å². The van der Waals surface area contributed by atoms with Crippen molar-refractivity contribution in [2.75, 3.05) is 18.4 Å². The van der Waals surface area contributed by atoms with E-state index in [0.29, 0.717) is 12.1 Å². The summed E-state index contributed by atoms with van der Waals surface area (Å²) in [6, 6.07) is 18.1. The Morgan fingerprint density at radius 3 is 2.68 bits per heavy atom. The van der Waals surface area contributed by atoms with Crippen LogP contribution < -0.4 is 16.0 Å². The van der Waals surface area contributed by atoms with Crippen molar-refractivity contribution in [1.82, 2.24) is 10.6 Å². The fourth-order valence-electron chi connectivity index (χ4n) is 3.61. The molecule has 0 bridgehead atoms. The average Bonchev–Trinajstić information content (AvgIpc) is 2.67. The summed E-state index contributed by atoms with van der Waals surface area (Å²) in [7, 11) is 0. The zero-order valence-corrected chi connectivity index (χ0v) is 14.0. The number of nitriles is 1. The van der Waals surface area contributed by atoms with Crippen molar-refractivity contribution >= 4 is 17.2 Å². The molecule has 5 nitrogen and oxygen atoms in total. The van der Waals surface area contributed by atoms with Crippen molar-refractivity contribution in [2.24, 2.45) is 4.99 Å². The zero-order valence-electron chi connectivity index (χ0n) is 14.0. The second-order valence-electron chi connectivity index (χ2n) is 6.56. The van der Waals surface area contributed by atoms with Gasteiger partial charge in [0.05, 0.1) is 28.5 Å². The van der Waals surface area contributed by atoms with Crippen molar-refractivity contribution in [3.8, 4) is 6.07 Å². The third-order valence-corrected chi connectivity index (χ3v) is 5.00. The summed E-state index contributed by atoms with van der Waals surface area (Å²) in [4.78, 5) is 4.93. The maximum atomic E-state index is 9.30. The molecule has 126 valence electrons. The summed E-state index contributed by atoms with van der Waals surface area (Å²) in [5.41, 5.74) is 3.59. The molecule has 2 aliphatic rings. The van der Waals surface area contributed by atoms with Crippen LogP contribution in [-0.4, -0.2) is 24.5 Å². The van der Waals surface area contributed by atoms with Crippen LogP contribution >= 0.6 is 0 Å². The van der Waals surface area contributed by atoms with Gasteiger partial charge < -0.3 is 16.0 Å². The first-order chi connectivity index (χ1) is 12.3. The number of para-hydroxylation sites is 2. The zero-order chi connectivity index (χ0) is 17.1. The van der Waals surface area contributed by atoms with Crippen molar-refractivity contribution in [3.63, 3.8) is 0 Å². The summed E-state index contributed by atoms with van der Waals surface area (Å²) in [5.74, 6) is 0.973. The van der Waals surface area contributed by atoms with Crippen LogP contribution in [0.2, 0.25) is 0 Å². The number of amidine groups is 1. The number of aliphatic imine (C=N–C) groups is 1. The average molecular weight is 331 g/mol. The third-order valence-electron chi connectivity index (χ3n) is 5.00. The number of nitrogens with zero attached hydrogens (tertiary/aromatic N) is 2. The lowest BCUT2D eigenvalue weighted by Gasteiger charge is -2.43. The van der Waals surface area contributed by atoms with Crippen molar-refractivity contribution in [1.29, 1.82) is 5.26 Å². The Hall–Kier alpha value is -2.84. The summed E-state index contributed by atoms with van der Waals surface area (Å²) in [5, 5.41) is 20.0. The molecular weight excluding hydrogens is 310 g/mol. The molecule has 1 fully saturated rings. The molecule has 25 heavy (non-hydrogen) atoms. The van der Waals surface area contributed by atoms with E-state index in [1.54, 1.807) is 0 Å². The molecule has 4 rings (SSSR count). The van der Waals surface area contributed by atoms with Gasteiger partial charge in [0.25, 0.3) is 0 Å². The number of rotatable bonds is 2. The van der Waals surface area contributed by atoms with E-state index in [2.05, 4.69) is 28.1 Å². The molecule has 0 saturated carbocycles. The Balaban J connectivity index is 1.65. The van der Waals surface area contributed by atoms with E-state index >= 15 is 0 Å². The van der Waals surface area contributed by atoms with Gasteiger partial charge in [0.2, 0.25) is 0 Å². The molecule has 0 aliphatic carbocycles. The highest BCUT2D eigenvalue weighted by atomic mass is 15.2. The van der Waals surface area contributed by atoms with Gasteiger partial charge in [-0.3, -0.25) is 0 Å². The van der Waals surface area contributed by atoms with E-state index < -0.39 is 0 Å². The lowest BCUT2D eigenvalue weighted by molar-refractivity contribution is 0.412. The number of anilines is 1. The van der Waals surface area contributed by atoms with Crippen LogP contribution in [0, 0.1) is 11.3 Å². The van der Waals surface area contributed by atoms with E-state index in [1.165, 1.54) is 0 Å². The lowest BCUT2D eigenvalue weighted by Crippen LogP contribution is -2.58. The molecule has 0 atom stereocenters. The van der Waals surface area contributed by atoms with Crippen molar-refractivity contribution in [2.45, 2.75) is 24.9 Å². The number of piperidine rings is 1. The summed E-state index contributed by atoms with van der Waals surface area (Å²) < 4.78 is 0. The molecular formula is C20H21N5. The molecule has 0 unspecified atom stereocenters. The van der Waals surface area contributed by atoms with Gasteiger partial charge >= 0.3 is 0 Å². The summed E-state index contributed by atoms with van der Waals surface area (Å²) in [6.45, 7) is 2.52. The molecule has 5 heteroatoms. The predicted octanol–water partition coefficient (Wildman–Crippen LogP) is 2.93. The van der Waals surface area contributed by atoms with Crippen LogP contribution in [0.3, 0.4) is 0 Å². The lowest BCUT2D eigenvalue weighted by atomic mass is 9.85. The number of benzene rings is 2. The Morgan fingerprint density at radius 2 is 1.84 bits per heavy atom. The molecule has 2 aromatic carbocycles. The van der Waals surface area contributed by atoms with Crippen LogP contribution in [0.15, 0.2) is 53.5 Å². The maximum absolute atomic E-state index is 9.30. The van der Waals surface area contributed by atoms with Gasteiger partial charge in [-0.1, -0.05) is 30.3 Å². The van der Waals surface area contributed by atoms with E-state index in [1.807, 2.05) is 42.5 Å². The van der Waals surface area contributed by atoms with Crippen LogP contribution in [0.25, 0.3) is 0 Å². The SMILES string of the molecule is N#Cc1ccccc1CNC1=Nc2ccccc2NC12CCNCC2. The second kappa shape index (κ2) is 6.58. The van der Waals surface area contributed by atoms with Crippen molar-refractivity contribution < 1.29 is 0 Å². The Kier molecular flexibility index (Phi) is 4.12. The molecule has 2 heterocycles. The summed E-state index contributed by atoms with van der Waals surface area (Å²) >= 11 is 0. The molecule has 0 radical (unpaired) electrons. The number of hydrogen-bond acceptors (Lipinski definition) is 5. The van der Waals surface area contributed by atoms with E-state index in [9.17, 15) is 5.26 Å². The largest absolute Gasteiger partial charge is 0.371 e. The highest BCUT2D eigenvalue weighted by molar-refractivity contribution is 6.00. The van der Waals surface area contributed by atoms with E-state index in [-0.39, 0.29) is 5.54 Å². The molecule has 0 amide bonds. The van der Waals surface area contributed by atoms with Gasteiger partial charge in [0.1, 0.15) is 5.84 Å². The van der Waals surface area contributed by atoms with Crippen molar-refractivity contribution in [3.05, 3.63) is 59.7 Å². The van der Waals surface area contributed by atoms with Crippen LogP contribution in [0.1, 0.15) is 24.0 Å². The number of hydrogen-bond donors (Lipinski definition) is 3. The standard InChI is InChI=1S/C20H21N5/c21-13-15-5-1-2-6-16(15)14-23-19-20(9-11-22-12-10-20)25-18-8-4-3-7-17(18)24-19/h1-8,22,25H,9-12,14H2,(H,23,24). The molecule has 3 N–H and O–H groups in total. The second-order valence-corrected chi connectivity index (χ2v) is 6.56. The number of fused-ring (bicyclic) bond motifs is 1. The van der Waals surface area contributed by atoms with Gasteiger partial charge in [0, 0.05) is 6.54 Å². The molecule has 1 saturated heterocycles. The van der Waals surface area contributed by atoms with E-state index in [0.717, 1.165) is 48.7 Å². The first kappa shape index (κ1) is 15.7. The van der Waals surface area contributed by atoms with Crippen LogP contribution in [0.4, 0.5) is 11.4 Å². The quantitative estimate of drug-likeness (QED) is 0.791. The first-order valence-corrected chi connectivity index (χ1v) is 8.70. The molecule has 0 aromatic heterocycles. The molecule has 2 aromatic rings. The van der Waals surface area contributed by atoms with Gasteiger partial charge in [-0.15, -0.1) is 0 Å². The van der Waals surface area contributed by atoms with Gasteiger partial charge in [-0.2, -0.15) is 5.26 Å². The fraction of sp³-hybridized carbons (Fsp3) is 0.300. The van der Waals surface area contributed by atoms with Gasteiger partial charge in [0.15, 0.2) is 0 Å². The number of nitrogens with one attached hydrogen (secondary N) is 3. The summed E-state index contributed by atoms with van der Waals surface area (Å²) in [6.07, 6.45) is 1.96. The smallest absolute Gasteiger partial charge is 0.128 e. The van der Waals surface area contributed by atoms with Crippen LogP contribution in [-0.2, 0) is 6.54 Å². The fourth-order valence-corrected chi connectivity index (χ4v) is 3.61. The molecule has 1 spiro atoms. The Labute approximate surface area is 147 Å². The minimum atomic E-state index is -0.165. The highest BCUT2D eigenvalue weighted by Crippen LogP contribution is 2.36. The minimum absolute atomic E-state index is 0.165. The van der Waals surface area contributed by atoms with Crippen LogP contribution in [0.5, 0.6) is 0 Å². The predicted molar refractivity (Wildman–Crippen MR) is 100.0 cm³/mol. The minimum Gasteiger partial charge on any atom is -0.371 e. The monoisotopic (exact) mass is 331 g/mol. The van der Waals surface area contributed by atoms with Gasteiger partial charge in [-0.05, 0) is 49.7 Å². The Morgan fingerprint density at radius 1 is 1.08 bits per heavy atom. The maximum Gasteiger partial charge on any atom is 0.128 e. The van der Waals surface area contributed by atoms with Gasteiger partial charge in [-0.25, -0.2) is 4.99 Å². The Bertz CT molecular complexity index is 843. The topological polar surface area (TPSA) is 72.2 Å². The normalized spacial score (nSPS) is 17.8. The third kappa shape index (κ3) is 2.97. The highest BCUT2D eigenvalue weighted by Gasteiger charge is 2.40.